The van der Waals surface area contributed by atoms with E-state index in [2.05, 4.69) is 0 Å². The van der Waals surface area contributed by atoms with E-state index in [9.17, 15) is 15.0 Å². The molecule has 0 aromatic heterocycles. The van der Waals surface area contributed by atoms with Gasteiger partial charge in [-0.15, -0.1) is 0 Å². The first-order valence-corrected chi connectivity index (χ1v) is 12.3. The second kappa shape index (κ2) is 7.75. The van der Waals surface area contributed by atoms with E-state index in [-0.39, 0.29) is 84.5 Å². The molecule has 3 aromatic rings. The number of rotatable bonds is 0. The fourth-order valence-corrected chi connectivity index (χ4v) is 6.53. The van der Waals surface area contributed by atoms with Crippen LogP contribution in [0.2, 0.25) is 30.1 Å². The molecule has 2 aliphatic rings. The molecular weight excluding hydrogens is 672 g/mol. The number of halogens is 7. The third kappa shape index (κ3) is 2.95. The standard InChI is InChI=1S/C21H7Cl6IO5/c1-4-16(29)7(22)2-5-18(4)32-19-6(3-8(23)17(30)15(19)28)21(5)10-9(20(31)33-21)11(24)13(26)14(27)12(10)25/h2-3,23H,1H3,(H-,29,30)/p+1. The van der Waals surface area contributed by atoms with Crippen molar-refractivity contribution in [2.75, 3.05) is 0 Å². The first-order chi connectivity index (χ1) is 15.4. The summed E-state index contributed by atoms with van der Waals surface area (Å²) in [6, 6.07) is 2.84. The molecule has 0 aliphatic carbocycles. The van der Waals surface area contributed by atoms with E-state index < -0.39 is 11.6 Å². The number of aromatic hydroxyl groups is 2. The average Bonchev–Trinajstić information content (AvgIpc) is 3.08. The minimum Gasteiger partial charge on any atom is -0.506 e. The highest BCUT2D eigenvalue weighted by atomic mass is 127. The maximum Gasteiger partial charge on any atom is 0.341 e. The van der Waals surface area contributed by atoms with Gasteiger partial charge in [0.2, 0.25) is 0 Å². The third-order valence-electron chi connectivity index (χ3n) is 5.63. The summed E-state index contributed by atoms with van der Waals surface area (Å²) in [6.07, 6.45) is 0. The Morgan fingerprint density at radius 3 is 2.21 bits per heavy atom. The number of carbonyl (C=O) groups excluding carboxylic acids is 1. The fraction of sp³-hybridized carbons (Fsp3) is 0.0952. The van der Waals surface area contributed by atoms with Gasteiger partial charge in [-0.1, -0.05) is 58.0 Å². The van der Waals surface area contributed by atoms with Crippen molar-refractivity contribution in [2.45, 2.75) is 12.5 Å². The summed E-state index contributed by atoms with van der Waals surface area (Å²) in [7, 11) is 0. The first kappa shape index (κ1) is 23.7. The van der Waals surface area contributed by atoms with Gasteiger partial charge < -0.3 is 19.7 Å². The third-order valence-corrected chi connectivity index (χ3v) is 9.03. The number of hydrogen-bond acceptors (Lipinski definition) is 5. The van der Waals surface area contributed by atoms with Crippen LogP contribution in [0.1, 0.15) is 32.6 Å². The summed E-state index contributed by atoms with van der Waals surface area (Å²) >= 11 is 39.1. The Bertz CT molecular complexity index is 1390. The van der Waals surface area contributed by atoms with Crippen molar-refractivity contribution in [1.29, 1.82) is 0 Å². The van der Waals surface area contributed by atoms with E-state index in [1.54, 1.807) is 6.92 Å². The zero-order valence-electron chi connectivity index (χ0n) is 15.9. The molecule has 0 saturated heterocycles. The summed E-state index contributed by atoms with van der Waals surface area (Å²) in [5.41, 5.74) is -0.913. The van der Waals surface area contributed by atoms with Gasteiger partial charge >= 0.3 is 5.97 Å². The topological polar surface area (TPSA) is 76.0 Å². The molecule has 2 heterocycles. The van der Waals surface area contributed by atoms with E-state index in [1.165, 1.54) is 12.1 Å². The molecule has 1 unspecified atom stereocenters. The normalized spacial score (nSPS) is 18.0. The summed E-state index contributed by atoms with van der Waals surface area (Å²) < 4.78 is 12.4. The number of carbonyl (C=O) groups is 1. The van der Waals surface area contributed by atoms with E-state index in [0.29, 0.717) is 0 Å². The van der Waals surface area contributed by atoms with Crippen molar-refractivity contribution in [1.82, 2.24) is 0 Å². The van der Waals surface area contributed by atoms with Gasteiger partial charge in [-0.2, -0.15) is 0 Å². The molecule has 1 atom stereocenters. The smallest absolute Gasteiger partial charge is 0.341 e. The largest absolute Gasteiger partial charge is 0.506 e. The molecule has 5 nitrogen and oxygen atoms in total. The van der Waals surface area contributed by atoms with Crippen LogP contribution in [-0.4, -0.2) is 16.2 Å². The Labute approximate surface area is 230 Å². The predicted molar refractivity (Wildman–Crippen MR) is 131 cm³/mol. The maximum atomic E-state index is 13.2. The quantitative estimate of drug-likeness (QED) is 0.111. The predicted octanol–water partition coefficient (Wildman–Crippen LogP) is 7.54. The molecule has 2 aliphatic heterocycles. The number of phenolic OH excluding ortho intramolecular Hbond substituents is 2. The second-order valence-corrected chi connectivity index (χ2v) is 10.7. The highest BCUT2D eigenvalue weighted by Gasteiger charge is 2.58. The zero-order valence-corrected chi connectivity index (χ0v) is 22.7. The number of fused-ring (bicyclic) bond motifs is 6. The molecule has 0 bridgehead atoms. The maximum absolute atomic E-state index is 13.2. The number of esters is 1. The Kier molecular flexibility index (Phi) is 5.57. The number of hydrogen-bond donors (Lipinski definition) is 2. The molecule has 1 spiro atoms. The van der Waals surface area contributed by atoms with Crippen molar-refractivity contribution in [3.8, 4) is 23.0 Å². The van der Waals surface area contributed by atoms with Gasteiger partial charge in [0, 0.05) is 22.8 Å². The van der Waals surface area contributed by atoms with Crippen LogP contribution in [0.25, 0.3) is 0 Å². The first-order valence-electron chi connectivity index (χ1n) is 8.96. The van der Waals surface area contributed by atoms with E-state index in [0.717, 1.165) is 0 Å². The molecule has 5 rings (SSSR count). The van der Waals surface area contributed by atoms with Crippen LogP contribution >= 0.6 is 80.6 Å². The van der Waals surface area contributed by atoms with Gasteiger partial charge in [-0.3, -0.25) is 0 Å². The minimum atomic E-state index is -1.76. The van der Waals surface area contributed by atoms with Gasteiger partial charge in [0.05, 0.1) is 36.2 Å². The lowest BCUT2D eigenvalue weighted by Crippen LogP contribution is -2.34. The Morgan fingerprint density at radius 1 is 0.939 bits per heavy atom. The van der Waals surface area contributed by atoms with Crippen LogP contribution in [0.4, 0.5) is 0 Å². The van der Waals surface area contributed by atoms with Crippen molar-refractivity contribution >= 4 is 86.6 Å². The number of benzene rings is 3. The number of phenols is 2. The molecule has 0 saturated carbocycles. The van der Waals surface area contributed by atoms with Gasteiger partial charge in [-0.25, -0.2) is 4.79 Å². The summed E-state index contributed by atoms with van der Waals surface area (Å²) in [4.78, 5) is 13.2. The van der Waals surface area contributed by atoms with Crippen LogP contribution in [0.3, 0.4) is 0 Å². The SMILES string of the molecule is Cc1c(O)c(Cl)cc2c1Oc1c(cc([ClH+])c(O)c1I)C21OC(=O)c2c(Cl)c(Cl)c(Cl)c(Cl)c21. The van der Waals surface area contributed by atoms with E-state index >= 15 is 0 Å². The fourth-order valence-electron chi connectivity index (χ4n) is 4.12. The van der Waals surface area contributed by atoms with Crippen LogP contribution in [-0.2, 0) is 10.3 Å². The van der Waals surface area contributed by atoms with E-state index in [4.69, 9.17) is 79.1 Å². The van der Waals surface area contributed by atoms with Crippen LogP contribution in [0.15, 0.2) is 12.1 Å². The molecule has 33 heavy (non-hydrogen) atoms. The van der Waals surface area contributed by atoms with Crippen LogP contribution in [0, 0.1) is 22.1 Å². The zero-order chi connectivity index (χ0) is 24.1. The van der Waals surface area contributed by atoms with Crippen molar-refractivity contribution in [2.24, 2.45) is 0 Å². The lowest BCUT2D eigenvalue weighted by Gasteiger charge is -2.38. The molecule has 170 valence electrons. The highest BCUT2D eigenvalue weighted by Crippen LogP contribution is 2.63. The van der Waals surface area contributed by atoms with Crippen molar-refractivity contribution in [3.05, 3.63) is 73.7 Å². The monoisotopic (exact) mass is 677 g/mol. The molecule has 3 aromatic carbocycles. The van der Waals surface area contributed by atoms with Crippen molar-refractivity contribution in [3.63, 3.8) is 0 Å². The Balaban J connectivity index is 2.05. The molecule has 0 radical (unpaired) electrons. The molecular formula is C21H8Cl6IO5+. The minimum absolute atomic E-state index is 0.0171. The van der Waals surface area contributed by atoms with Crippen molar-refractivity contribution < 1.29 is 36.1 Å². The molecule has 0 fully saturated rings. The molecule has 12 heteroatoms. The van der Waals surface area contributed by atoms with Gasteiger partial charge in [0.15, 0.2) is 28.7 Å². The Hall–Kier alpha value is -1.000. The van der Waals surface area contributed by atoms with Gasteiger partial charge in [-0.05, 0) is 35.6 Å². The number of ether oxygens (including phenoxy) is 2. The van der Waals surface area contributed by atoms with Crippen LogP contribution in [0.5, 0.6) is 23.0 Å². The lowest BCUT2D eigenvalue weighted by molar-refractivity contribution is -0.291. The summed E-state index contributed by atoms with van der Waals surface area (Å²) in [5, 5.41) is 20.6. The lowest BCUT2D eigenvalue weighted by atomic mass is 9.77. The van der Waals surface area contributed by atoms with Crippen LogP contribution < -0.4 is 4.74 Å². The summed E-state index contributed by atoms with van der Waals surface area (Å²) in [6.45, 7) is 1.58. The molecule has 2 N–H and O–H groups in total. The average molecular weight is 680 g/mol. The Morgan fingerprint density at radius 2 is 1.55 bits per heavy atom. The molecule has 0 amide bonds. The highest BCUT2D eigenvalue weighted by molar-refractivity contribution is 14.1. The van der Waals surface area contributed by atoms with E-state index in [1.807, 2.05) is 22.6 Å². The summed E-state index contributed by atoms with van der Waals surface area (Å²) in [5.74, 6) is -0.932. The van der Waals surface area contributed by atoms with Gasteiger partial charge in [0.25, 0.3) is 5.02 Å². The second-order valence-electron chi connectivity index (χ2n) is 7.30. The van der Waals surface area contributed by atoms with Gasteiger partial charge in [0.1, 0.15) is 15.1 Å².